The van der Waals surface area contributed by atoms with E-state index in [9.17, 15) is 0 Å². The molecule has 3 nitrogen and oxygen atoms in total. The van der Waals surface area contributed by atoms with Crippen molar-refractivity contribution < 1.29 is 14.2 Å². The predicted octanol–water partition coefficient (Wildman–Crippen LogP) is 3.59. The molecule has 25 heavy (non-hydrogen) atoms. The maximum Gasteiger partial charge on any atom is 0.181 e. The van der Waals surface area contributed by atoms with E-state index in [4.69, 9.17) is 5.11 Å². The number of aromatic nitrogens is 2. The van der Waals surface area contributed by atoms with Gasteiger partial charge >= 0.3 is 0 Å². The first kappa shape index (κ1) is 21.3. The van der Waals surface area contributed by atoms with Crippen molar-refractivity contribution in [1.82, 2.24) is 0 Å². The lowest BCUT2D eigenvalue weighted by Gasteiger charge is -2.06. The molecule has 3 heteroatoms. The number of hydrogen-bond donors (Lipinski definition) is 1. The summed E-state index contributed by atoms with van der Waals surface area (Å²) in [7, 11) is 1.00. The van der Waals surface area contributed by atoms with E-state index in [1.807, 2.05) is 0 Å². The SMILES string of the molecule is CO.Cc1cc(C)c(C)[n+](CCCCC[n+]2cc(C)cc(C)c2C)c1. The third-order valence-electron chi connectivity index (χ3n) is 4.91. The van der Waals surface area contributed by atoms with Gasteiger partial charge in [0.25, 0.3) is 0 Å². The summed E-state index contributed by atoms with van der Waals surface area (Å²) < 4.78 is 4.83. The van der Waals surface area contributed by atoms with Gasteiger partial charge in [-0.3, -0.25) is 0 Å². The number of aryl methyl sites for hydroxylation is 6. The third-order valence-corrected chi connectivity index (χ3v) is 4.91. The molecular weight excluding hydrogens is 308 g/mol. The van der Waals surface area contributed by atoms with Crippen LogP contribution in [0.2, 0.25) is 0 Å². The maximum atomic E-state index is 7.00. The lowest BCUT2D eigenvalue weighted by Crippen LogP contribution is -2.39. The number of pyridine rings is 2. The Morgan fingerprint density at radius 2 is 1.00 bits per heavy atom. The Kier molecular flexibility index (Phi) is 8.77. The Morgan fingerprint density at radius 3 is 1.36 bits per heavy atom. The summed E-state index contributed by atoms with van der Waals surface area (Å²) in [6, 6.07) is 4.54. The van der Waals surface area contributed by atoms with Crippen molar-refractivity contribution in [3.8, 4) is 0 Å². The summed E-state index contributed by atoms with van der Waals surface area (Å²) in [5.74, 6) is 0. The molecule has 2 rings (SSSR count). The normalized spacial score (nSPS) is 10.4. The second kappa shape index (κ2) is 10.3. The Morgan fingerprint density at radius 1 is 0.640 bits per heavy atom. The maximum absolute atomic E-state index is 7.00. The second-order valence-corrected chi connectivity index (χ2v) is 7.02. The van der Waals surface area contributed by atoms with Crippen molar-refractivity contribution in [3.05, 3.63) is 58.2 Å². The number of unbranched alkanes of at least 4 members (excludes halogenated alkanes) is 2. The van der Waals surface area contributed by atoms with Crippen LogP contribution in [0.15, 0.2) is 24.5 Å². The summed E-state index contributed by atoms with van der Waals surface area (Å²) in [4.78, 5) is 0. The van der Waals surface area contributed by atoms with Gasteiger partial charge in [-0.15, -0.1) is 0 Å². The van der Waals surface area contributed by atoms with Gasteiger partial charge in [-0.25, -0.2) is 9.13 Å². The van der Waals surface area contributed by atoms with Gasteiger partial charge in [-0.2, -0.15) is 0 Å². The molecular formula is C22H36N2O+2. The molecule has 2 heterocycles. The fraction of sp³-hybridized carbons (Fsp3) is 0.545. The van der Waals surface area contributed by atoms with E-state index in [1.165, 1.54) is 52.9 Å². The lowest BCUT2D eigenvalue weighted by atomic mass is 10.1. The van der Waals surface area contributed by atoms with E-state index in [0.717, 1.165) is 20.2 Å². The second-order valence-electron chi connectivity index (χ2n) is 7.02. The highest BCUT2D eigenvalue weighted by Gasteiger charge is 2.12. The molecule has 0 fully saturated rings. The highest BCUT2D eigenvalue weighted by molar-refractivity contribution is 5.18. The van der Waals surface area contributed by atoms with Crippen LogP contribution in [0.5, 0.6) is 0 Å². The fourth-order valence-electron chi connectivity index (χ4n) is 3.31. The van der Waals surface area contributed by atoms with Crippen LogP contribution in [0.4, 0.5) is 0 Å². The van der Waals surface area contributed by atoms with Gasteiger partial charge in [0.1, 0.15) is 13.1 Å². The van der Waals surface area contributed by atoms with Gasteiger partial charge < -0.3 is 5.11 Å². The monoisotopic (exact) mass is 344 g/mol. The largest absolute Gasteiger partial charge is 0.400 e. The predicted molar refractivity (Wildman–Crippen MR) is 104 cm³/mol. The summed E-state index contributed by atoms with van der Waals surface area (Å²) in [5.41, 5.74) is 8.30. The van der Waals surface area contributed by atoms with Crippen LogP contribution in [0.25, 0.3) is 0 Å². The van der Waals surface area contributed by atoms with Crippen molar-refractivity contribution in [3.63, 3.8) is 0 Å². The Bertz CT molecular complexity index is 633. The van der Waals surface area contributed by atoms with Crippen molar-refractivity contribution in [1.29, 1.82) is 0 Å². The average Bonchev–Trinajstić information content (AvgIpc) is 2.57. The molecule has 138 valence electrons. The first-order valence-corrected chi connectivity index (χ1v) is 9.28. The minimum absolute atomic E-state index is 1.00. The van der Waals surface area contributed by atoms with E-state index in [1.54, 1.807) is 0 Å². The minimum Gasteiger partial charge on any atom is -0.400 e. The van der Waals surface area contributed by atoms with Crippen LogP contribution in [0, 0.1) is 41.5 Å². The van der Waals surface area contributed by atoms with Crippen LogP contribution in [-0.2, 0) is 13.1 Å². The van der Waals surface area contributed by atoms with E-state index in [0.29, 0.717) is 0 Å². The standard InChI is InChI=1S/C21H32N2.CH4O/c1-16-12-18(3)20(5)22(14-16)10-8-7-9-11-23-15-17(2)13-19(4)21(23)6;1-2/h12-15H,7-11H2,1-6H3;2H,1H3/q+2;. The highest BCUT2D eigenvalue weighted by atomic mass is 16.2. The van der Waals surface area contributed by atoms with Crippen LogP contribution < -0.4 is 9.13 Å². The van der Waals surface area contributed by atoms with E-state index in [2.05, 4.69) is 75.2 Å². The molecule has 2 aromatic heterocycles. The zero-order valence-electron chi connectivity index (χ0n) is 17.2. The van der Waals surface area contributed by atoms with Crippen molar-refractivity contribution in [2.24, 2.45) is 0 Å². The lowest BCUT2D eigenvalue weighted by molar-refractivity contribution is -0.707. The van der Waals surface area contributed by atoms with Gasteiger partial charge in [0.2, 0.25) is 0 Å². The molecule has 1 N–H and O–H groups in total. The van der Waals surface area contributed by atoms with E-state index < -0.39 is 0 Å². The number of hydrogen-bond acceptors (Lipinski definition) is 1. The summed E-state index contributed by atoms with van der Waals surface area (Å²) in [5, 5.41) is 7.00. The summed E-state index contributed by atoms with van der Waals surface area (Å²) in [6.07, 6.45) is 8.34. The molecule has 0 aliphatic rings. The van der Waals surface area contributed by atoms with Gasteiger partial charge in [0, 0.05) is 56.1 Å². The van der Waals surface area contributed by atoms with Gasteiger partial charge in [0.05, 0.1) is 0 Å². The minimum atomic E-state index is 1.00. The Balaban J connectivity index is 0.00000151. The molecule has 2 aromatic rings. The quantitative estimate of drug-likeness (QED) is 0.629. The van der Waals surface area contributed by atoms with Crippen LogP contribution in [0.1, 0.15) is 52.9 Å². The van der Waals surface area contributed by atoms with Crippen molar-refractivity contribution in [2.75, 3.05) is 7.11 Å². The Labute approximate surface area is 154 Å². The molecule has 0 radical (unpaired) electrons. The van der Waals surface area contributed by atoms with Crippen LogP contribution >= 0.6 is 0 Å². The molecule has 0 atom stereocenters. The smallest absolute Gasteiger partial charge is 0.181 e. The van der Waals surface area contributed by atoms with E-state index >= 15 is 0 Å². The van der Waals surface area contributed by atoms with Crippen molar-refractivity contribution in [2.45, 2.75) is 73.9 Å². The summed E-state index contributed by atoms with van der Waals surface area (Å²) in [6.45, 7) is 15.5. The summed E-state index contributed by atoms with van der Waals surface area (Å²) >= 11 is 0. The third kappa shape index (κ3) is 6.24. The molecule has 0 unspecified atom stereocenters. The van der Waals surface area contributed by atoms with Crippen LogP contribution in [-0.4, -0.2) is 12.2 Å². The molecule has 0 aromatic carbocycles. The van der Waals surface area contributed by atoms with E-state index in [-0.39, 0.29) is 0 Å². The average molecular weight is 345 g/mol. The highest BCUT2D eigenvalue weighted by Crippen LogP contribution is 2.07. The zero-order valence-corrected chi connectivity index (χ0v) is 17.2. The molecule has 0 saturated heterocycles. The number of aliphatic hydroxyl groups excluding tert-OH is 1. The Hall–Kier alpha value is -1.74. The fourth-order valence-corrected chi connectivity index (χ4v) is 3.31. The van der Waals surface area contributed by atoms with Gasteiger partial charge in [-0.1, -0.05) is 0 Å². The van der Waals surface area contributed by atoms with Gasteiger partial charge in [-0.05, 0) is 46.2 Å². The van der Waals surface area contributed by atoms with Gasteiger partial charge in [0.15, 0.2) is 23.8 Å². The van der Waals surface area contributed by atoms with Crippen LogP contribution in [0.3, 0.4) is 0 Å². The first-order valence-electron chi connectivity index (χ1n) is 9.28. The first-order chi connectivity index (χ1) is 11.9. The molecule has 0 aliphatic carbocycles. The molecule has 0 bridgehead atoms. The number of nitrogens with zero attached hydrogens (tertiary/aromatic N) is 2. The molecule has 0 amide bonds. The molecule has 0 aliphatic heterocycles. The van der Waals surface area contributed by atoms with Crippen molar-refractivity contribution >= 4 is 0 Å². The number of aliphatic hydroxyl groups is 1. The molecule has 0 spiro atoms. The zero-order chi connectivity index (χ0) is 19.0. The molecule has 0 saturated carbocycles. The number of rotatable bonds is 6. The topological polar surface area (TPSA) is 28.0 Å².